The summed E-state index contributed by atoms with van der Waals surface area (Å²) in [5.74, 6) is 0.420. The number of nitrogens with one attached hydrogen (secondary N) is 2. The normalized spacial score (nSPS) is 11.2. The molecule has 31 heavy (non-hydrogen) atoms. The van der Waals surface area contributed by atoms with Gasteiger partial charge in [-0.15, -0.1) is 10.2 Å². The molecule has 0 aliphatic rings. The molecular formula is C19H14N8OS3. The molecule has 154 valence electrons. The Kier molecular flexibility index (Phi) is 4.88. The van der Waals surface area contributed by atoms with Crippen molar-refractivity contribution in [1.82, 2.24) is 33.9 Å². The first-order valence-electron chi connectivity index (χ1n) is 9.12. The summed E-state index contributed by atoms with van der Waals surface area (Å²) in [6.07, 6.45) is 0. The summed E-state index contributed by atoms with van der Waals surface area (Å²) < 4.78 is 10.0. The summed E-state index contributed by atoms with van der Waals surface area (Å²) in [5, 5.41) is 19.5. The third-order valence-electron chi connectivity index (χ3n) is 4.62. The Morgan fingerprint density at radius 1 is 1.06 bits per heavy atom. The van der Waals surface area contributed by atoms with Crippen LogP contribution in [0.1, 0.15) is 21.7 Å². The molecule has 0 unspecified atom stereocenters. The summed E-state index contributed by atoms with van der Waals surface area (Å²) in [5.41, 5.74) is 4.58. The lowest BCUT2D eigenvalue weighted by molar-refractivity contribution is 0.0978. The van der Waals surface area contributed by atoms with E-state index in [0.717, 1.165) is 49.9 Å². The number of aromatic nitrogens is 6. The van der Waals surface area contributed by atoms with E-state index in [9.17, 15) is 4.79 Å². The van der Waals surface area contributed by atoms with Crippen molar-refractivity contribution in [2.24, 2.45) is 0 Å². The van der Waals surface area contributed by atoms with Crippen LogP contribution in [0.3, 0.4) is 0 Å². The summed E-state index contributed by atoms with van der Waals surface area (Å²) in [7, 11) is 0. The lowest BCUT2D eigenvalue weighted by Gasteiger charge is -2.12. The molecule has 0 saturated heterocycles. The van der Waals surface area contributed by atoms with Gasteiger partial charge in [0.25, 0.3) is 5.91 Å². The highest BCUT2D eigenvalue weighted by Crippen LogP contribution is 2.29. The van der Waals surface area contributed by atoms with Crippen molar-refractivity contribution in [1.29, 1.82) is 0 Å². The average molecular weight is 467 g/mol. The van der Waals surface area contributed by atoms with Crippen LogP contribution in [0, 0.1) is 13.8 Å². The second-order valence-corrected chi connectivity index (χ2v) is 8.65. The van der Waals surface area contributed by atoms with E-state index in [1.54, 1.807) is 22.7 Å². The van der Waals surface area contributed by atoms with Gasteiger partial charge in [0.15, 0.2) is 10.9 Å². The van der Waals surface area contributed by atoms with Gasteiger partial charge in [-0.25, -0.2) is 0 Å². The molecule has 0 spiro atoms. The van der Waals surface area contributed by atoms with E-state index in [4.69, 9.17) is 12.2 Å². The van der Waals surface area contributed by atoms with Gasteiger partial charge in [-0.05, 0) is 55.9 Å². The summed E-state index contributed by atoms with van der Waals surface area (Å²) >= 11 is 7.92. The fraction of sp³-hybridized carbons (Fsp3) is 0.105. The Morgan fingerprint density at radius 3 is 2.74 bits per heavy atom. The van der Waals surface area contributed by atoms with Crippen molar-refractivity contribution < 1.29 is 4.79 Å². The third kappa shape index (κ3) is 3.76. The Balaban J connectivity index is 1.34. The molecule has 5 aromatic rings. The van der Waals surface area contributed by atoms with Gasteiger partial charge in [0, 0.05) is 16.8 Å². The van der Waals surface area contributed by atoms with E-state index >= 15 is 0 Å². The number of anilines is 1. The first kappa shape index (κ1) is 19.6. The summed E-state index contributed by atoms with van der Waals surface area (Å²) in [6, 6.07) is 11.1. The predicted molar refractivity (Wildman–Crippen MR) is 125 cm³/mol. The number of nitrogens with zero attached hydrogens (tertiary/aromatic N) is 6. The van der Waals surface area contributed by atoms with Gasteiger partial charge in [0.1, 0.15) is 16.0 Å². The maximum Gasteiger partial charge on any atom is 0.257 e. The number of aryl methyl sites for hydroxylation is 2. The second-order valence-electron chi connectivity index (χ2n) is 6.75. The van der Waals surface area contributed by atoms with Crippen LogP contribution in [0.2, 0.25) is 0 Å². The van der Waals surface area contributed by atoms with Crippen LogP contribution in [0.5, 0.6) is 0 Å². The molecule has 12 heteroatoms. The Bertz CT molecular complexity index is 1470. The minimum Gasteiger partial charge on any atom is -0.332 e. The Labute approximate surface area is 189 Å². The van der Waals surface area contributed by atoms with Crippen LogP contribution in [-0.2, 0) is 0 Å². The van der Waals surface area contributed by atoms with Crippen LogP contribution in [0.25, 0.3) is 26.6 Å². The standard InChI is InChI=1S/C19H14N8OS3/c1-9-3-4-12(17-24-27-10(2)22-23-19(27)30-17)8-14(9)20-18(29)21-16(28)11-5-6-13-15(7-11)26-31-25-13/h3-8H,1-2H3,(H2,20,21,28,29). The molecule has 5 rings (SSSR count). The van der Waals surface area contributed by atoms with Crippen molar-refractivity contribution in [3.63, 3.8) is 0 Å². The highest BCUT2D eigenvalue weighted by atomic mass is 32.1. The Hall–Kier alpha value is -3.35. The molecule has 2 N–H and O–H groups in total. The number of hydrogen-bond acceptors (Lipinski definition) is 9. The first-order chi connectivity index (χ1) is 15.0. The number of thiocarbonyl (C=S) groups is 1. The van der Waals surface area contributed by atoms with E-state index in [1.807, 2.05) is 32.0 Å². The lowest BCUT2D eigenvalue weighted by Crippen LogP contribution is -2.34. The van der Waals surface area contributed by atoms with Crippen molar-refractivity contribution in [3.8, 4) is 10.6 Å². The number of rotatable bonds is 3. The minimum atomic E-state index is -0.315. The quantitative estimate of drug-likeness (QED) is 0.388. The van der Waals surface area contributed by atoms with Gasteiger partial charge in [0.05, 0.1) is 11.7 Å². The topological polar surface area (TPSA) is 110 Å². The van der Waals surface area contributed by atoms with Crippen LogP contribution >= 0.6 is 35.3 Å². The summed E-state index contributed by atoms with van der Waals surface area (Å²) in [4.78, 5) is 13.3. The smallest absolute Gasteiger partial charge is 0.257 e. The van der Waals surface area contributed by atoms with Gasteiger partial charge >= 0.3 is 0 Å². The van der Waals surface area contributed by atoms with E-state index in [0.29, 0.717) is 11.1 Å². The van der Waals surface area contributed by atoms with Crippen LogP contribution in [0.4, 0.5) is 5.69 Å². The number of fused-ring (bicyclic) bond motifs is 2. The second kappa shape index (κ2) is 7.72. The SMILES string of the molecule is Cc1ccc(-c2nn3c(C)nnc3s2)cc1NC(=S)NC(=O)c1ccc2nsnc2c1. The molecule has 0 radical (unpaired) electrons. The van der Waals surface area contributed by atoms with Crippen LogP contribution in [-0.4, -0.2) is 39.6 Å². The monoisotopic (exact) mass is 466 g/mol. The van der Waals surface area contributed by atoms with Gasteiger partial charge in [0.2, 0.25) is 4.96 Å². The van der Waals surface area contributed by atoms with Gasteiger partial charge in [-0.1, -0.05) is 23.5 Å². The largest absolute Gasteiger partial charge is 0.332 e. The van der Waals surface area contributed by atoms with E-state index in [-0.39, 0.29) is 11.0 Å². The van der Waals surface area contributed by atoms with Gasteiger partial charge in [-0.2, -0.15) is 18.4 Å². The van der Waals surface area contributed by atoms with Crippen molar-refractivity contribution in [3.05, 3.63) is 53.3 Å². The number of amides is 1. The minimum absolute atomic E-state index is 0.204. The summed E-state index contributed by atoms with van der Waals surface area (Å²) in [6.45, 7) is 3.82. The molecule has 0 atom stereocenters. The van der Waals surface area contributed by atoms with E-state index in [2.05, 4.69) is 34.7 Å². The molecular weight excluding hydrogens is 452 g/mol. The van der Waals surface area contributed by atoms with Crippen molar-refractivity contribution in [2.75, 3.05) is 5.32 Å². The zero-order chi connectivity index (χ0) is 21.5. The first-order valence-corrected chi connectivity index (χ1v) is 11.1. The molecule has 3 aromatic heterocycles. The fourth-order valence-corrected chi connectivity index (χ4v) is 4.57. The van der Waals surface area contributed by atoms with E-state index in [1.165, 1.54) is 11.3 Å². The van der Waals surface area contributed by atoms with E-state index < -0.39 is 0 Å². The molecule has 9 nitrogen and oxygen atoms in total. The Morgan fingerprint density at radius 2 is 1.90 bits per heavy atom. The maximum atomic E-state index is 12.6. The zero-order valence-corrected chi connectivity index (χ0v) is 18.7. The fourth-order valence-electron chi connectivity index (χ4n) is 2.97. The van der Waals surface area contributed by atoms with Crippen molar-refractivity contribution in [2.45, 2.75) is 13.8 Å². The van der Waals surface area contributed by atoms with Crippen LogP contribution in [0.15, 0.2) is 36.4 Å². The molecule has 3 heterocycles. The average Bonchev–Trinajstić information content (AvgIpc) is 3.46. The highest BCUT2D eigenvalue weighted by Gasteiger charge is 2.14. The highest BCUT2D eigenvalue weighted by molar-refractivity contribution is 7.80. The lowest BCUT2D eigenvalue weighted by atomic mass is 10.1. The number of carbonyl (C=O) groups excluding carboxylic acids is 1. The van der Waals surface area contributed by atoms with Crippen molar-refractivity contribution >= 4 is 68.0 Å². The third-order valence-corrected chi connectivity index (χ3v) is 6.33. The molecule has 2 aromatic carbocycles. The predicted octanol–water partition coefficient (Wildman–Crippen LogP) is 3.60. The number of hydrogen-bond donors (Lipinski definition) is 2. The number of carbonyl (C=O) groups is 1. The molecule has 0 saturated carbocycles. The number of benzene rings is 2. The molecule has 0 aliphatic heterocycles. The van der Waals surface area contributed by atoms with Gasteiger partial charge < -0.3 is 5.32 Å². The molecule has 0 aliphatic carbocycles. The van der Waals surface area contributed by atoms with Gasteiger partial charge in [-0.3, -0.25) is 10.1 Å². The molecule has 1 amide bonds. The maximum absolute atomic E-state index is 12.6. The molecule has 0 bridgehead atoms. The zero-order valence-electron chi connectivity index (χ0n) is 16.3. The van der Waals surface area contributed by atoms with Crippen LogP contribution < -0.4 is 10.6 Å². The molecule has 0 fully saturated rings.